The molecule has 0 spiro atoms. The van der Waals surface area contributed by atoms with E-state index in [0.29, 0.717) is 0 Å². The topological polar surface area (TPSA) is 12.5 Å². The van der Waals surface area contributed by atoms with Crippen molar-refractivity contribution >= 4 is 0 Å². The van der Waals surface area contributed by atoms with Gasteiger partial charge in [-0.25, -0.2) is 0 Å². The van der Waals surface area contributed by atoms with Gasteiger partial charge in [0, 0.05) is 0 Å². The predicted molar refractivity (Wildman–Crippen MR) is 58.4 cm³/mol. The van der Waals surface area contributed by atoms with Crippen LogP contribution in [0.15, 0.2) is 24.3 Å². The number of methoxy groups -OCH3 is 1. The molecule has 0 heterocycles. The summed E-state index contributed by atoms with van der Waals surface area (Å²) in [6.07, 6.45) is 0. The lowest BCUT2D eigenvalue weighted by Gasteiger charge is -2.03. The second kappa shape index (κ2) is 5.31. The summed E-state index contributed by atoms with van der Waals surface area (Å²) in [6, 6.07) is 7.78. The van der Waals surface area contributed by atoms with Gasteiger partial charge in [0.2, 0.25) is 0 Å². The molecule has 0 aliphatic carbocycles. The Morgan fingerprint density at radius 2 is 2.00 bits per heavy atom. The molecule has 0 bridgehead atoms. The van der Waals surface area contributed by atoms with Gasteiger partial charge in [0.05, 0.1) is 19.2 Å². The van der Waals surface area contributed by atoms with Crippen LogP contribution in [0.2, 0.25) is 0 Å². The van der Waals surface area contributed by atoms with Crippen LogP contribution in [-0.2, 0) is 0 Å². The predicted octanol–water partition coefficient (Wildman–Crippen LogP) is 1.61. The summed E-state index contributed by atoms with van der Waals surface area (Å²) in [4.78, 5) is 2.03. The van der Waals surface area contributed by atoms with E-state index in [1.165, 1.54) is 0 Å². The minimum Gasteiger partial charge on any atom is -0.495 e. The number of para-hydroxylation sites is 1. The van der Waals surface area contributed by atoms with Crippen molar-refractivity contribution in [3.05, 3.63) is 29.8 Å². The first-order chi connectivity index (χ1) is 6.74. The van der Waals surface area contributed by atoms with E-state index in [2.05, 4.69) is 11.8 Å². The maximum Gasteiger partial charge on any atom is 0.134 e. The molecule has 0 amide bonds. The van der Waals surface area contributed by atoms with E-state index in [4.69, 9.17) is 4.74 Å². The summed E-state index contributed by atoms with van der Waals surface area (Å²) in [6.45, 7) is 0.762. The summed E-state index contributed by atoms with van der Waals surface area (Å²) in [5.41, 5.74) is 0.942. The van der Waals surface area contributed by atoms with Crippen molar-refractivity contribution in [1.82, 2.24) is 4.90 Å². The summed E-state index contributed by atoms with van der Waals surface area (Å²) in [5.74, 6) is 6.98. The largest absolute Gasteiger partial charge is 0.495 e. The van der Waals surface area contributed by atoms with Crippen LogP contribution in [0.3, 0.4) is 0 Å². The van der Waals surface area contributed by atoms with Gasteiger partial charge < -0.3 is 4.74 Å². The summed E-state index contributed by atoms with van der Waals surface area (Å²) in [5, 5.41) is 0. The first kappa shape index (κ1) is 10.6. The summed E-state index contributed by atoms with van der Waals surface area (Å²) >= 11 is 0. The second-order valence-corrected chi connectivity index (χ2v) is 3.24. The van der Waals surface area contributed by atoms with Gasteiger partial charge in [-0.3, -0.25) is 4.90 Å². The third-order valence-corrected chi connectivity index (χ3v) is 1.73. The number of ether oxygens (including phenoxy) is 1. The quantitative estimate of drug-likeness (QED) is 0.655. The van der Waals surface area contributed by atoms with E-state index in [9.17, 15) is 0 Å². The molecular formula is C12H15NO. The van der Waals surface area contributed by atoms with Crippen LogP contribution in [0.25, 0.3) is 0 Å². The van der Waals surface area contributed by atoms with Gasteiger partial charge in [-0.15, -0.1) is 0 Å². The van der Waals surface area contributed by atoms with E-state index in [1.807, 2.05) is 43.3 Å². The van der Waals surface area contributed by atoms with Crippen LogP contribution in [0.1, 0.15) is 5.56 Å². The summed E-state index contributed by atoms with van der Waals surface area (Å²) < 4.78 is 5.19. The molecule has 0 saturated heterocycles. The van der Waals surface area contributed by atoms with E-state index in [0.717, 1.165) is 17.9 Å². The zero-order valence-corrected chi connectivity index (χ0v) is 8.87. The van der Waals surface area contributed by atoms with Crippen molar-refractivity contribution in [3.63, 3.8) is 0 Å². The third-order valence-electron chi connectivity index (χ3n) is 1.73. The van der Waals surface area contributed by atoms with Gasteiger partial charge in [0.25, 0.3) is 0 Å². The highest BCUT2D eigenvalue weighted by Crippen LogP contribution is 2.15. The standard InChI is InChI=1S/C12H15NO/c1-13(2)10-6-8-11-7-4-5-9-12(11)14-3/h4-5,7,9H,10H2,1-3H3. The Morgan fingerprint density at radius 3 is 2.64 bits per heavy atom. The second-order valence-electron chi connectivity index (χ2n) is 3.24. The van der Waals surface area contributed by atoms with Crippen molar-refractivity contribution in [1.29, 1.82) is 0 Å². The Kier molecular flexibility index (Phi) is 4.03. The van der Waals surface area contributed by atoms with Gasteiger partial charge in [-0.1, -0.05) is 24.0 Å². The Balaban J connectivity index is 2.78. The maximum absolute atomic E-state index is 5.19. The highest BCUT2D eigenvalue weighted by Gasteiger charge is 1.95. The number of hydrogen-bond donors (Lipinski definition) is 0. The molecule has 2 nitrogen and oxygen atoms in total. The molecule has 1 aromatic rings. The molecule has 2 heteroatoms. The summed E-state index contributed by atoms with van der Waals surface area (Å²) in [7, 11) is 5.65. The molecule has 0 aromatic heterocycles. The average molecular weight is 189 g/mol. The minimum atomic E-state index is 0.762. The van der Waals surface area contributed by atoms with Gasteiger partial charge >= 0.3 is 0 Å². The first-order valence-corrected chi connectivity index (χ1v) is 4.50. The Morgan fingerprint density at radius 1 is 1.29 bits per heavy atom. The molecule has 74 valence electrons. The van der Waals surface area contributed by atoms with Crippen LogP contribution in [-0.4, -0.2) is 32.6 Å². The normalized spacial score (nSPS) is 9.43. The highest BCUT2D eigenvalue weighted by molar-refractivity contribution is 5.45. The molecule has 14 heavy (non-hydrogen) atoms. The molecule has 0 radical (unpaired) electrons. The fourth-order valence-electron chi connectivity index (χ4n) is 1.04. The van der Waals surface area contributed by atoms with Gasteiger partial charge in [0.15, 0.2) is 0 Å². The molecule has 0 N–H and O–H groups in total. The molecule has 0 atom stereocenters. The first-order valence-electron chi connectivity index (χ1n) is 4.50. The van der Waals surface area contributed by atoms with E-state index in [1.54, 1.807) is 7.11 Å². The van der Waals surface area contributed by atoms with Crippen LogP contribution < -0.4 is 4.74 Å². The fraction of sp³-hybridized carbons (Fsp3) is 0.333. The van der Waals surface area contributed by atoms with E-state index < -0.39 is 0 Å². The lowest BCUT2D eigenvalue weighted by atomic mass is 10.2. The smallest absolute Gasteiger partial charge is 0.134 e. The van der Waals surface area contributed by atoms with E-state index >= 15 is 0 Å². The Bertz CT molecular complexity index is 347. The number of benzene rings is 1. The fourth-order valence-corrected chi connectivity index (χ4v) is 1.04. The van der Waals surface area contributed by atoms with Crippen molar-refractivity contribution in [2.45, 2.75) is 0 Å². The van der Waals surface area contributed by atoms with Crippen molar-refractivity contribution in [2.75, 3.05) is 27.7 Å². The Hall–Kier alpha value is -1.46. The van der Waals surface area contributed by atoms with Gasteiger partial charge in [-0.05, 0) is 26.2 Å². The van der Waals surface area contributed by atoms with Crippen LogP contribution >= 0.6 is 0 Å². The number of nitrogens with zero attached hydrogens (tertiary/aromatic N) is 1. The zero-order chi connectivity index (χ0) is 10.4. The SMILES string of the molecule is COc1ccccc1C#CCN(C)C. The highest BCUT2D eigenvalue weighted by atomic mass is 16.5. The van der Waals surface area contributed by atoms with Gasteiger partial charge in [0.1, 0.15) is 5.75 Å². The number of rotatable bonds is 2. The van der Waals surface area contributed by atoms with Gasteiger partial charge in [-0.2, -0.15) is 0 Å². The lowest BCUT2D eigenvalue weighted by Crippen LogP contribution is -2.10. The molecule has 0 aliphatic heterocycles. The molecule has 1 aromatic carbocycles. The monoisotopic (exact) mass is 189 g/mol. The lowest BCUT2D eigenvalue weighted by molar-refractivity contribution is 0.413. The van der Waals surface area contributed by atoms with Crippen LogP contribution in [0.5, 0.6) is 5.75 Å². The maximum atomic E-state index is 5.19. The average Bonchev–Trinajstić information content (AvgIpc) is 2.18. The van der Waals surface area contributed by atoms with Crippen LogP contribution in [0.4, 0.5) is 0 Å². The van der Waals surface area contributed by atoms with Crippen molar-refractivity contribution < 1.29 is 4.74 Å². The molecule has 0 aliphatic rings. The van der Waals surface area contributed by atoms with Crippen LogP contribution in [0, 0.1) is 11.8 Å². The van der Waals surface area contributed by atoms with E-state index in [-0.39, 0.29) is 0 Å². The minimum absolute atomic E-state index is 0.762. The molecule has 0 fully saturated rings. The Labute approximate surface area is 85.5 Å². The zero-order valence-electron chi connectivity index (χ0n) is 8.87. The number of hydrogen-bond acceptors (Lipinski definition) is 2. The molecule has 0 unspecified atom stereocenters. The molecule has 1 rings (SSSR count). The molecular weight excluding hydrogens is 174 g/mol. The molecule has 0 saturated carbocycles. The van der Waals surface area contributed by atoms with Crippen molar-refractivity contribution in [2.24, 2.45) is 0 Å². The van der Waals surface area contributed by atoms with Crippen molar-refractivity contribution in [3.8, 4) is 17.6 Å². The third kappa shape index (κ3) is 3.12.